The van der Waals surface area contributed by atoms with Crippen LogP contribution in [0.1, 0.15) is 49.7 Å². The number of carboxylic acids is 1. The summed E-state index contributed by atoms with van der Waals surface area (Å²) in [6.45, 7) is 0. The highest BCUT2D eigenvalue weighted by Gasteiger charge is 2.21. The lowest BCUT2D eigenvalue weighted by Gasteiger charge is -2.17. The molecule has 0 atom stereocenters. The Kier molecular flexibility index (Phi) is 2.99. The zero-order valence-electron chi connectivity index (χ0n) is 8.48. The summed E-state index contributed by atoms with van der Waals surface area (Å²) < 4.78 is 5.08. The first-order chi connectivity index (χ1) is 7.25. The molecule has 0 unspecified atom stereocenters. The Labute approximate surface area is 87.5 Å². The second-order valence-corrected chi connectivity index (χ2v) is 3.95. The monoisotopic (exact) mass is 210 g/mol. The summed E-state index contributed by atoms with van der Waals surface area (Å²) in [5.74, 6) is 0.314. The molecule has 0 bridgehead atoms. The second-order valence-electron chi connectivity index (χ2n) is 3.95. The molecule has 1 aliphatic carbocycles. The third kappa shape index (κ3) is 2.55. The molecule has 1 N–H and O–H groups in total. The van der Waals surface area contributed by atoms with Gasteiger partial charge in [-0.1, -0.05) is 24.4 Å². The minimum Gasteiger partial charge on any atom is -0.481 e. The van der Waals surface area contributed by atoms with Gasteiger partial charge in [0, 0.05) is 5.92 Å². The van der Waals surface area contributed by atoms with Crippen LogP contribution in [0.4, 0.5) is 0 Å². The fraction of sp³-hybridized carbons (Fsp3) is 0.700. The number of aliphatic carboxylic acids is 1. The van der Waals surface area contributed by atoms with Crippen molar-refractivity contribution in [3.05, 3.63) is 11.7 Å². The van der Waals surface area contributed by atoms with Gasteiger partial charge in [0.1, 0.15) is 6.42 Å². The molecule has 1 aromatic rings. The molecule has 15 heavy (non-hydrogen) atoms. The number of rotatable bonds is 3. The zero-order valence-corrected chi connectivity index (χ0v) is 8.48. The van der Waals surface area contributed by atoms with E-state index in [0.29, 0.717) is 11.8 Å². The van der Waals surface area contributed by atoms with E-state index >= 15 is 0 Å². The minimum atomic E-state index is -0.925. The van der Waals surface area contributed by atoms with Crippen molar-refractivity contribution in [2.24, 2.45) is 0 Å². The van der Waals surface area contributed by atoms with Crippen molar-refractivity contribution in [3.63, 3.8) is 0 Å². The Morgan fingerprint density at radius 1 is 1.40 bits per heavy atom. The lowest BCUT2D eigenvalue weighted by molar-refractivity contribution is -0.136. The molecule has 5 nitrogen and oxygen atoms in total. The quantitative estimate of drug-likeness (QED) is 0.822. The first kappa shape index (κ1) is 10.1. The largest absolute Gasteiger partial charge is 0.481 e. The van der Waals surface area contributed by atoms with Gasteiger partial charge in [0.25, 0.3) is 0 Å². The van der Waals surface area contributed by atoms with Crippen molar-refractivity contribution < 1.29 is 14.4 Å². The molecule has 0 saturated heterocycles. The summed E-state index contributed by atoms with van der Waals surface area (Å²) in [4.78, 5) is 14.5. The van der Waals surface area contributed by atoms with E-state index in [1.165, 1.54) is 19.3 Å². The third-order valence-corrected chi connectivity index (χ3v) is 2.75. The van der Waals surface area contributed by atoms with Crippen molar-refractivity contribution in [2.45, 2.75) is 44.4 Å². The second kappa shape index (κ2) is 4.42. The Balaban J connectivity index is 2.02. The summed E-state index contributed by atoms with van der Waals surface area (Å²) in [6.07, 6.45) is 5.66. The summed E-state index contributed by atoms with van der Waals surface area (Å²) in [5.41, 5.74) is 0. The van der Waals surface area contributed by atoms with Gasteiger partial charge in [-0.3, -0.25) is 4.79 Å². The molecule has 5 heteroatoms. The van der Waals surface area contributed by atoms with Gasteiger partial charge in [0.05, 0.1) is 0 Å². The average Bonchev–Trinajstić information content (AvgIpc) is 2.67. The van der Waals surface area contributed by atoms with E-state index in [0.717, 1.165) is 12.8 Å². The Hall–Kier alpha value is -1.39. The standard InChI is InChI=1S/C10H14N2O3/c13-9(14)6-8-11-10(15-12-8)7-4-2-1-3-5-7/h7H,1-6H2,(H,13,14). The topological polar surface area (TPSA) is 76.2 Å². The average molecular weight is 210 g/mol. The van der Waals surface area contributed by atoms with Gasteiger partial charge in [-0.2, -0.15) is 4.98 Å². The molecular formula is C10H14N2O3. The maximum absolute atomic E-state index is 10.4. The Bertz CT molecular complexity index is 342. The number of carbonyl (C=O) groups is 1. The van der Waals surface area contributed by atoms with Crippen LogP contribution in [-0.2, 0) is 11.2 Å². The van der Waals surface area contributed by atoms with Crippen LogP contribution in [0.5, 0.6) is 0 Å². The highest BCUT2D eigenvalue weighted by Crippen LogP contribution is 2.31. The molecule has 1 aliphatic rings. The molecule has 0 radical (unpaired) electrons. The molecule has 0 aliphatic heterocycles. The van der Waals surface area contributed by atoms with Crippen LogP contribution in [0.25, 0.3) is 0 Å². The van der Waals surface area contributed by atoms with Crippen molar-refractivity contribution in [1.82, 2.24) is 10.1 Å². The first-order valence-electron chi connectivity index (χ1n) is 5.30. The molecule has 1 aromatic heterocycles. The van der Waals surface area contributed by atoms with Crippen molar-refractivity contribution >= 4 is 5.97 Å². The van der Waals surface area contributed by atoms with Crippen LogP contribution in [0, 0.1) is 0 Å². The summed E-state index contributed by atoms with van der Waals surface area (Å²) in [5, 5.41) is 12.2. The highest BCUT2D eigenvalue weighted by molar-refractivity contribution is 5.68. The predicted octanol–water partition coefficient (Wildman–Crippen LogP) is 1.74. The summed E-state index contributed by atoms with van der Waals surface area (Å²) in [7, 11) is 0. The molecule has 0 spiro atoms. The lowest BCUT2D eigenvalue weighted by Crippen LogP contribution is -2.06. The normalized spacial score (nSPS) is 17.9. The molecule has 82 valence electrons. The fourth-order valence-electron chi connectivity index (χ4n) is 1.99. The van der Waals surface area contributed by atoms with Gasteiger partial charge in [-0.05, 0) is 12.8 Å². The fourth-order valence-corrected chi connectivity index (χ4v) is 1.99. The van der Waals surface area contributed by atoms with E-state index in [-0.39, 0.29) is 12.2 Å². The van der Waals surface area contributed by atoms with Gasteiger partial charge < -0.3 is 9.63 Å². The number of carboxylic acid groups (broad SMARTS) is 1. The Morgan fingerprint density at radius 3 is 2.80 bits per heavy atom. The molecule has 1 fully saturated rings. The van der Waals surface area contributed by atoms with Crippen LogP contribution < -0.4 is 0 Å². The molecule has 1 saturated carbocycles. The SMILES string of the molecule is O=C(O)Cc1noc(C2CCCCC2)n1. The van der Waals surface area contributed by atoms with E-state index in [1.807, 2.05) is 0 Å². The van der Waals surface area contributed by atoms with E-state index in [2.05, 4.69) is 10.1 Å². The maximum Gasteiger partial charge on any atom is 0.311 e. The van der Waals surface area contributed by atoms with Crippen LogP contribution >= 0.6 is 0 Å². The predicted molar refractivity (Wildman–Crippen MR) is 51.5 cm³/mol. The summed E-state index contributed by atoms with van der Waals surface area (Å²) in [6, 6.07) is 0. The van der Waals surface area contributed by atoms with E-state index in [1.54, 1.807) is 0 Å². The number of nitrogens with zero attached hydrogens (tertiary/aromatic N) is 2. The molecule has 0 amide bonds. The van der Waals surface area contributed by atoms with Crippen molar-refractivity contribution in [3.8, 4) is 0 Å². The van der Waals surface area contributed by atoms with Crippen molar-refractivity contribution in [1.29, 1.82) is 0 Å². The summed E-state index contributed by atoms with van der Waals surface area (Å²) >= 11 is 0. The van der Waals surface area contributed by atoms with Crippen molar-refractivity contribution in [2.75, 3.05) is 0 Å². The molecule has 1 heterocycles. The first-order valence-corrected chi connectivity index (χ1v) is 5.30. The van der Waals surface area contributed by atoms with Gasteiger partial charge in [-0.15, -0.1) is 0 Å². The molecule has 2 rings (SSSR count). The van der Waals surface area contributed by atoms with Gasteiger partial charge in [0.2, 0.25) is 5.89 Å². The third-order valence-electron chi connectivity index (χ3n) is 2.75. The number of hydrogen-bond acceptors (Lipinski definition) is 4. The Morgan fingerprint density at radius 2 is 2.13 bits per heavy atom. The van der Waals surface area contributed by atoms with Gasteiger partial charge in [-0.25, -0.2) is 0 Å². The highest BCUT2D eigenvalue weighted by atomic mass is 16.5. The number of hydrogen-bond donors (Lipinski definition) is 1. The van der Waals surface area contributed by atoms with Crippen LogP contribution in [0.2, 0.25) is 0 Å². The molecule has 0 aromatic carbocycles. The lowest BCUT2D eigenvalue weighted by atomic mass is 9.89. The van der Waals surface area contributed by atoms with E-state index < -0.39 is 5.97 Å². The minimum absolute atomic E-state index is 0.157. The van der Waals surface area contributed by atoms with Crippen LogP contribution in [0.15, 0.2) is 4.52 Å². The smallest absolute Gasteiger partial charge is 0.311 e. The molecular weight excluding hydrogens is 196 g/mol. The van der Waals surface area contributed by atoms with Gasteiger partial charge in [0.15, 0.2) is 5.82 Å². The van der Waals surface area contributed by atoms with Crippen LogP contribution in [0.3, 0.4) is 0 Å². The zero-order chi connectivity index (χ0) is 10.7. The number of aromatic nitrogens is 2. The van der Waals surface area contributed by atoms with E-state index in [4.69, 9.17) is 9.63 Å². The van der Waals surface area contributed by atoms with E-state index in [9.17, 15) is 4.79 Å². The van der Waals surface area contributed by atoms with Gasteiger partial charge >= 0.3 is 5.97 Å². The maximum atomic E-state index is 10.4. The van der Waals surface area contributed by atoms with Crippen LogP contribution in [-0.4, -0.2) is 21.2 Å².